The van der Waals surface area contributed by atoms with Gasteiger partial charge in [0.2, 0.25) is 0 Å². The Bertz CT molecular complexity index is 275. The van der Waals surface area contributed by atoms with Crippen LogP contribution in [-0.4, -0.2) is 0 Å². The third-order valence-electron chi connectivity index (χ3n) is 2.47. The molecule has 1 aromatic rings. The SMILES string of the molecule is CCC(C)CC(NN)c1ccc(Cl)s1. The molecule has 80 valence electrons. The van der Waals surface area contributed by atoms with E-state index >= 15 is 0 Å². The zero-order valence-electron chi connectivity index (χ0n) is 8.59. The molecular formula is C10H17ClN2S. The lowest BCUT2D eigenvalue weighted by molar-refractivity contribution is 0.412. The molecule has 0 bridgehead atoms. The minimum atomic E-state index is 0.238. The zero-order chi connectivity index (χ0) is 10.6. The van der Waals surface area contributed by atoms with Crippen molar-refractivity contribution in [3.05, 3.63) is 21.3 Å². The van der Waals surface area contributed by atoms with E-state index < -0.39 is 0 Å². The molecule has 3 N–H and O–H groups in total. The fourth-order valence-electron chi connectivity index (χ4n) is 1.35. The van der Waals surface area contributed by atoms with Gasteiger partial charge in [0, 0.05) is 4.88 Å². The third kappa shape index (κ3) is 3.24. The molecule has 0 aliphatic carbocycles. The first-order valence-electron chi connectivity index (χ1n) is 4.88. The number of rotatable bonds is 5. The van der Waals surface area contributed by atoms with E-state index in [1.165, 1.54) is 11.3 Å². The fraction of sp³-hybridized carbons (Fsp3) is 0.600. The average molecular weight is 233 g/mol. The lowest BCUT2D eigenvalue weighted by Crippen LogP contribution is -2.28. The molecule has 14 heavy (non-hydrogen) atoms. The molecule has 0 aliphatic rings. The maximum Gasteiger partial charge on any atom is 0.0931 e. The van der Waals surface area contributed by atoms with Crippen LogP contribution in [-0.2, 0) is 0 Å². The standard InChI is InChI=1S/C10H17ClN2S/c1-3-7(2)6-8(13-12)9-4-5-10(11)14-9/h4-5,7-8,13H,3,6,12H2,1-2H3. The number of hydrogen-bond donors (Lipinski definition) is 2. The van der Waals surface area contributed by atoms with Crippen LogP contribution in [0.25, 0.3) is 0 Å². The van der Waals surface area contributed by atoms with Crippen LogP contribution in [0.1, 0.15) is 37.6 Å². The molecule has 2 atom stereocenters. The molecule has 0 fully saturated rings. The van der Waals surface area contributed by atoms with E-state index in [1.807, 2.05) is 12.1 Å². The van der Waals surface area contributed by atoms with E-state index in [2.05, 4.69) is 19.3 Å². The van der Waals surface area contributed by atoms with Crippen molar-refractivity contribution in [3.63, 3.8) is 0 Å². The van der Waals surface area contributed by atoms with Crippen molar-refractivity contribution in [2.24, 2.45) is 11.8 Å². The van der Waals surface area contributed by atoms with E-state index in [4.69, 9.17) is 17.4 Å². The van der Waals surface area contributed by atoms with E-state index in [0.717, 1.165) is 10.8 Å². The van der Waals surface area contributed by atoms with Gasteiger partial charge in [-0.3, -0.25) is 11.3 Å². The number of nitrogens with one attached hydrogen (secondary N) is 1. The summed E-state index contributed by atoms with van der Waals surface area (Å²) in [6.45, 7) is 4.43. The molecule has 0 radical (unpaired) electrons. The van der Waals surface area contributed by atoms with Gasteiger partial charge in [-0.15, -0.1) is 11.3 Å². The van der Waals surface area contributed by atoms with Crippen LogP contribution in [0.2, 0.25) is 4.34 Å². The molecule has 0 amide bonds. The van der Waals surface area contributed by atoms with Gasteiger partial charge in [0.05, 0.1) is 10.4 Å². The lowest BCUT2D eigenvalue weighted by atomic mass is 9.99. The summed E-state index contributed by atoms with van der Waals surface area (Å²) >= 11 is 7.48. The minimum absolute atomic E-state index is 0.238. The summed E-state index contributed by atoms with van der Waals surface area (Å²) in [6, 6.07) is 4.20. The smallest absolute Gasteiger partial charge is 0.0931 e. The second-order valence-electron chi connectivity index (χ2n) is 3.61. The van der Waals surface area contributed by atoms with E-state index in [1.54, 1.807) is 11.3 Å². The van der Waals surface area contributed by atoms with Gasteiger partial charge in [-0.1, -0.05) is 31.9 Å². The maximum absolute atomic E-state index is 5.88. The van der Waals surface area contributed by atoms with Crippen LogP contribution in [0.3, 0.4) is 0 Å². The van der Waals surface area contributed by atoms with Crippen molar-refractivity contribution in [2.45, 2.75) is 32.7 Å². The molecule has 0 aliphatic heterocycles. The molecule has 2 unspecified atom stereocenters. The summed E-state index contributed by atoms with van der Waals surface area (Å²) in [5.41, 5.74) is 2.85. The predicted octanol–water partition coefficient (Wildman–Crippen LogP) is 3.34. The number of thiophene rings is 1. The maximum atomic E-state index is 5.88. The first kappa shape index (κ1) is 12.0. The van der Waals surface area contributed by atoms with E-state index in [-0.39, 0.29) is 6.04 Å². The second kappa shape index (κ2) is 5.71. The van der Waals surface area contributed by atoms with Crippen molar-refractivity contribution < 1.29 is 0 Å². The van der Waals surface area contributed by atoms with Gasteiger partial charge >= 0.3 is 0 Å². The second-order valence-corrected chi connectivity index (χ2v) is 5.36. The average Bonchev–Trinajstić information content (AvgIpc) is 2.60. The molecule has 1 aromatic heterocycles. The molecule has 0 saturated heterocycles. The highest BCUT2D eigenvalue weighted by molar-refractivity contribution is 7.16. The van der Waals surface area contributed by atoms with Gasteiger partial charge in [-0.05, 0) is 24.5 Å². The number of hydrazine groups is 1. The summed E-state index contributed by atoms with van der Waals surface area (Å²) in [6.07, 6.45) is 2.24. The van der Waals surface area contributed by atoms with Crippen LogP contribution >= 0.6 is 22.9 Å². The van der Waals surface area contributed by atoms with Gasteiger partial charge < -0.3 is 0 Å². The normalized spacial score (nSPS) is 15.4. The zero-order valence-corrected chi connectivity index (χ0v) is 10.2. The molecule has 2 nitrogen and oxygen atoms in total. The molecule has 1 rings (SSSR count). The van der Waals surface area contributed by atoms with Crippen LogP contribution < -0.4 is 11.3 Å². The van der Waals surface area contributed by atoms with Gasteiger partial charge in [0.1, 0.15) is 0 Å². The van der Waals surface area contributed by atoms with Gasteiger partial charge in [0.25, 0.3) is 0 Å². The van der Waals surface area contributed by atoms with E-state index in [0.29, 0.717) is 5.92 Å². The lowest BCUT2D eigenvalue weighted by Gasteiger charge is -2.17. The van der Waals surface area contributed by atoms with Crippen LogP contribution in [0.15, 0.2) is 12.1 Å². The predicted molar refractivity (Wildman–Crippen MR) is 63.5 cm³/mol. The summed E-state index contributed by atoms with van der Waals surface area (Å²) in [5, 5.41) is 0. The molecule has 0 saturated carbocycles. The van der Waals surface area contributed by atoms with Crippen molar-refractivity contribution in [2.75, 3.05) is 0 Å². The Morgan fingerprint density at radius 3 is 2.71 bits per heavy atom. The quantitative estimate of drug-likeness (QED) is 0.604. The number of nitrogens with two attached hydrogens (primary N) is 1. The van der Waals surface area contributed by atoms with Crippen molar-refractivity contribution in [1.82, 2.24) is 5.43 Å². The Morgan fingerprint density at radius 2 is 2.29 bits per heavy atom. The van der Waals surface area contributed by atoms with E-state index in [9.17, 15) is 0 Å². The molecule has 0 spiro atoms. The monoisotopic (exact) mass is 232 g/mol. The topological polar surface area (TPSA) is 38.0 Å². The molecule has 0 aromatic carbocycles. The third-order valence-corrected chi connectivity index (χ3v) is 3.82. The molecule has 1 heterocycles. The summed E-state index contributed by atoms with van der Waals surface area (Å²) in [5.74, 6) is 6.21. The highest BCUT2D eigenvalue weighted by Crippen LogP contribution is 2.30. The van der Waals surface area contributed by atoms with Crippen molar-refractivity contribution in [1.29, 1.82) is 0 Å². The first-order chi connectivity index (χ1) is 6.67. The highest BCUT2D eigenvalue weighted by Gasteiger charge is 2.14. The fourth-order valence-corrected chi connectivity index (χ4v) is 2.49. The Kier molecular flexibility index (Phi) is 4.89. The Balaban J connectivity index is 2.62. The van der Waals surface area contributed by atoms with Crippen LogP contribution in [0.4, 0.5) is 0 Å². The highest BCUT2D eigenvalue weighted by atomic mass is 35.5. The number of halogens is 1. The summed E-state index contributed by atoms with van der Waals surface area (Å²) in [4.78, 5) is 1.22. The molecular weight excluding hydrogens is 216 g/mol. The van der Waals surface area contributed by atoms with Crippen LogP contribution in [0, 0.1) is 5.92 Å². The van der Waals surface area contributed by atoms with Gasteiger partial charge in [-0.25, -0.2) is 0 Å². The Hall–Kier alpha value is -0.0900. The van der Waals surface area contributed by atoms with Gasteiger partial charge in [-0.2, -0.15) is 0 Å². The summed E-state index contributed by atoms with van der Waals surface area (Å²) in [7, 11) is 0. The summed E-state index contributed by atoms with van der Waals surface area (Å²) < 4.78 is 0.824. The minimum Gasteiger partial charge on any atom is -0.271 e. The Labute approximate surface area is 94.4 Å². The number of hydrogen-bond acceptors (Lipinski definition) is 3. The van der Waals surface area contributed by atoms with Crippen molar-refractivity contribution in [3.8, 4) is 0 Å². The van der Waals surface area contributed by atoms with Crippen LogP contribution in [0.5, 0.6) is 0 Å². The Morgan fingerprint density at radius 1 is 1.57 bits per heavy atom. The molecule has 4 heteroatoms. The van der Waals surface area contributed by atoms with Crippen molar-refractivity contribution >= 4 is 22.9 Å². The van der Waals surface area contributed by atoms with Gasteiger partial charge in [0.15, 0.2) is 0 Å². The largest absolute Gasteiger partial charge is 0.271 e. The first-order valence-corrected chi connectivity index (χ1v) is 6.08.